The number of ether oxygens (including phenoxy) is 1. The zero-order valence-corrected chi connectivity index (χ0v) is 27.1. The largest absolute Gasteiger partial charge is 0.497 e. The van der Waals surface area contributed by atoms with Crippen LogP contribution in [0.2, 0.25) is 5.02 Å². The molecule has 2 aliphatic heterocycles. The zero-order chi connectivity index (χ0) is 29.4. The molecule has 2 heterocycles. The van der Waals surface area contributed by atoms with Crippen LogP contribution in [0.15, 0.2) is 47.4 Å². The van der Waals surface area contributed by atoms with Crippen molar-refractivity contribution < 1.29 is 13.2 Å². The molecule has 2 unspecified atom stereocenters. The number of rotatable bonds is 10. The first-order valence-electron chi connectivity index (χ1n) is 15.5. The van der Waals surface area contributed by atoms with E-state index in [1.54, 1.807) is 31.4 Å². The van der Waals surface area contributed by atoms with Gasteiger partial charge < -0.3 is 14.5 Å². The molecule has 0 amide bonds. The molecular weight excluding hydrogens is 554 g/mol. The molecule has 0 N–H and O–H groups in total. The van der Waals surface area contributed by atoms with Gasteiger partial charge in [0, 0.05) is 28.6 Å². The van der Waals surface area contributed by atoms with E-state index in [9.17, 15) is 8.42 Å². The van der Waals surface area contributed by atoms with E-state index < -0.39 is 10.0 Å². The Morgan fingerprint density at radius 2 is 1.66 bits per heavy atom. The van der Waals surface area contributed by atoms with Gasteiger partial charge in [-0.1, -0.05) is 31.5 Å². The van der Waals surface area contributed by atoms with E-state index in [4.69, 9.17) is 16.3 Å². The summed E-state index contributed by atoms with van der Waals surface area (Å²) in [6.07, 6.45) is 6.94. The molecule has 2 saturated heterocycles. The van der Waals surface area contributed by atoms with Gasteiger partial charge in [-0.3, -0.25) is 0 Å². The van der Waals surface area contributed by atoms with Crippen molar-refractivity contribution in [3.05, 3.63) is 58.6 Å². The lowest BCUT2D eigenvalue weighted by molar-refractivity contribution is 0.0467. The third-order valence-electron chi connectivity index (χ3n) is 10.5. The first-order valence-corrected chi connectivity index (χ1v) is 17.3. The first-order chi connectivity index (χ1) is 19.6. The average Bonchev–Trinajstić information content (AvgIpc) is 3.81. The minimum Gasteiger partial charge on any atom is -0.497 e. The molecule has 0 spiro atoms. The van der Waals surface area contributed by atoms with Gasteiger partial charge in [0.2, 0.25) is 10.0 Å². The summed E-state index contributed by atoms with van der Waals surface area (Å²) >= 11 is 6.05. The summed E-state index contributed by atoms with van der Waals surface area (Å²) in [5, 5.41) is 0.557. The smallest absolute Gasteiger partial charge is 0.243 e. The fraction of sp³-hybridized carbons (Fsp3) is 0.636. The zero-order valence-electron chi connectivity index (χ0n) is 25.5. The summed E-state index contributed by atoms with van der Waals surface area (Å²) < 4.78 is 35.0. The maximum absolute atomic E-state index is 13.7. The molecule has 5 rings (SSSR count). The molecule has 0 radical (unpaired) electrons. The lowest BCUT2D eigenvalue weighted by atomic mass is 9.61. The van der Waals surface area contributed by atoms with E-state index in [2.05, 4.69) is 55.8 Å². The van der Waals surface area contributed by atoms with Crippen LogP contribution in [0.4, 0.5) is 0 Å². The van der Waals surface area contributed by atoms with Crippen LogP contribution in [0, 0.1) is 5.92 Å². The van der Waals surface area contributed by atoms with Gasteiger partial charge in [0.05, 0.1) is 12.0 Å². The monoisotopic (exact) mass is 601 g/mol. The fourth-order valence-electron chi connectivity index (χ4n) is 7.48. The molecule has 0 bridgehead atoms. The van der Waals surface area contributed by atoms with Gasteiger partial charge >= 0.3 is 0 Å². The molecule has 3 aliphatic rings. The number of piperidine rings is 2. The number of likely N-dealkylation sites (tertiary alicyclic amines) is 2. The molecule has 6 nitrogen and oxygen atoms in total. The Kier molecular flexibility index (Phi) is 9.42. The first kappa shape index (κ1) is 30.8. The Morgan fingerprint density at radius 1 is 1.00 bits per heavy atom. The number of hydrogen-bond donors (Lipinski definition) is 0. The van der Waals surface area contributed by atoms with Crippen LogP contribution in [0.1, 0.15) is 70.4 Å². The van der Waals surface area contributed by atoms with Crippen LogP contribution in [-0.4, -0.2) is 81.0 Å². The second kappa shape index (κ2) is 12.5. The number of sulfonamides is 1. The normalized spacial score (nSPS) is 26.9. The number of nitrogens with zero attached hydrogens (tertiary/aromatic N) is 3. The highest BCUT2D eigenvalue weighted by Gasteiger charge is 2.47. The van der Waals surface area contributed by atoms with Gasteiger partial charge in [-0.05, 0) is 139 Å². The van der Waals surface area contributed by atoms with E-state index >= 15 is 0 Å². The predicted octanol–water partition coefficient (Wildman–Crippen LogP) is 6.22. The average molecular weight is 602 g/mol. The van der Waals surface area contributed by atoms with Crippen molar-refractivity contribution in [3.63, 3.8) is 0 Å². The van der Waals surface area contributed by atoms with Crippen LogP contribution in [0.3, 0.4) is 0 Å². The molecule has 2 aromatic carbocycles. The molecule has 2 aromatic rings. The molecular formula is C33H48ClN3O3S. The molecule has 1 aliphatic carbocycles. The number of methoxy groups -OCH3 is 1. The maximum atomic E-state index is 13.7. The van der Waals surface area contributed by atoms with Crippen molar-refractivity contribution in [1.82, 2.24) is 14.1 Å². The molecule has 3 fully saturated rings. The Morgan fingerprint density at radius 3 is 2.27 bits per heavy atom. The fourth-order valence-corrected chi connectivity index (χ4v) is 9.53. The minimum atomic E-state index is -3.54. The van der Waals surface area contributed by atoms with Gasteiger partial charge in [-0.25, -0.2) is 8.42 Å². The van der Waals surface area contributed by atoms with E-state index in [-0.39, 0.29) is 17.5 Å². The Labute approximate surface area is 253 Å². The lowest BCUT2D eigenvalue weighted by Crippen LogP contribution is -2.54. The standard InChI is InChI=1S/C33H48ClN3O3S/c1-6-26-7-12-30(40-5)23-32(26)33(17-21-35(4)25(3)24(33)2)18-22-36-19-15-29(16-20-36)37(28-10-11-28)41(38,39)31-13-8-27(34)9-14-31/h7-9,12-14,23-25,28-29H,6,10-11,15-22H2,1-5H3/t24-,25?,33?/m0/s1. The van der Waals surface area contributed by atoms with Crippen molar-refractivity contribution in [2.45, 2.75) is 94.2 Å². The third-order valence-corrected chi connectivity index (χ3v) is 12.8. The number of benzene rings is 2. The minimum absolute atomic E-state index is 0.0562. The summed E-state index contributed by atoms with van der Waals surface area (Å²) in [7, 11) is 0.480. The second-order valence-corrected chi connectivity index (χ2v) is 14.9. The van der Waals surface area contributed by atoms with E-state index in [0.717, 1.165) is 76.9 Å². The van der Waals surface area contributed by atoms with Crippen molar-refractivity contribution in [2.75, 3.05) is 40.3 Å². The molecule has 8 heteroatoms. The van der Waals surface area contributed by atoms with Crippen molar-refractivity contribution >= 4 is 21.6 Å². The van der Waals surface area contributed by atoms with Gasteiger partial charge in [0.25, 0.3) is 0 Å². The molecule has 41 heavy (non-hydrogen) atoms. The van der Waals surface area contributed by atoms with Crippen LogP contribution < -0.4 is 4.74 Å². The van der Waals surface area contributed by atoms with E-state index in [1.165, 1.54) is 11.1 Å². The van der Waals surface area contributed by atoms with Crippen molar-refractivity contribution in [3.8, 4) is 5.75 Å². The molecule has 3 atom stereocenters. The third kappa shape index (κ3) is 6.21. The summed E-state index contributed by atoms with van der Waals surface area (Å²) in [6.45, 7) is 11.1. The summed E-state index contributed by atoms with van der Waals surface area (Å²) in [4.78, 5) is 5.45. The topological polar surface area (TPSA) is 53.1 Å². The quantitative estimate of drug-likeness (QED) is 0.324. The van der Waals surface area contributed by atoms with Crippen LogP contribution in [0.25, 0.3) is 0 Å². The van der Waals surface area contributed by atoms with E-state index in [1.807, 2.05) is 4.31 Å². The van der Waals surface area contributed by atoms with Crippen molar-refractivity contribution in [2.24, 2.45) is 5.92 Å². The highest BCUT2D eigenvalue weighted by molar-refractivity contribution is 7.89. The van der Waals surface area contributed by atoms with Crippen molar-refractivity contribution in [1.29, 1.82) is 0 Å². The number of hydrogen-bond acceptors (Lipinski definition) is 5. The number of aryl methyl sites for hydroxylation is 1. The number of halogens is 1. The maximum Gasteiger partial charge on any atom is 0.243 e. The summed E-state index contributed by atoms with van der Waals surface area (Å²) in [6, 6.07) is 14.0. The highest BCUT2D eigenvalue weighted by Crippen LogP contribution is 2.47. The summed E-state index contributed by atoms with van der Waals surface area (Å²) in [5.41, 5.74) is 2.98. The Hall–Kier alpha value is -1.64. The molecule has 1 saturated carbocycles. The molecule has 226 valence electrons. The van der Waals surface area contributed by atoms with E-state index in [0.29, 0.717) is 21.9 Å². The van der Waals surface area contributed by atoms with Gasteiger partial charge in [-0.2, -0.15) is 4.31 Å². The van der Waals surface area contributed by atoms with Crippen LogP contribution >= 0.6 is 11.6 Å². The summed E-state index contributed by atoms with van der Waals surface area (Å²) in [5.74, 6) is 1.45. The Bertz CT molecular complexity index is 1290. The highest BCUT2D eigenvalue weighted by atomic mass is 35.5. The van der Waals surface area contributed by atoms with Gasteiger partial charge in [0.15, 0.2) is 0 Å². The predicted molar refractivity (Wildman–Crippen MR) is 168 cm³/mol. The van der Waals surface area contributed by atoms with Crippen LogP contribution in [0.5, 0.6) is 5.75 Å². The van der Waals surface area contributed by atoms with Crippen LogP contribution in [-0.2, 0) is 21.9 Å². The van der Waals surface area contributed by atoms with Gasteiger partial charge in [-0.15, -0.1) is 0 Å². The Balaban J connectivity index is 1.32. The lowest BCUT2D eigenvalue weighted by Gasteiger charge is -2.52. The SMILES string of the molecule is CCc1ccc(OC)cc1C1(CCN2CCC(N(C3CC3)S(=O)(=O)c3ccc(Cl)cc3)CC2)CCN(C)C(C)[C@@H]1C. The molecule has 0 aromatic heterocycles. The van der Waals surface area contributed by atoms with Gasteiger partial charge in [0.1, 0.15) is 5.75 Å². The second-order valence-electron chi connectivity index (χ2n) is 12.6.